The highest BCUT2D eigenvalue weighted by molar-refractivity contribution is 8.00. The van der Waals surface area contributed by atoms with Gasteiger partial charge in [0.1, 0.15) is 18.4 Å². The fraction of sp³-hybridized carbons (Fsp3) is 0.231. The van der Waals surface area contributed by atoms with Crippen LogP contribution in [0.3, 0.4) is 0 Å². The number of alkyl halides is 3. The molecule has 1 heterocycles. The number of aryl methyl sites for hydroxylation is 1. The standard InChI is InChI=1S/C26H23ClF3N3O4S2/c1-17-2-9-22(10-3-17)39(35,36)33(19-6-11-24(27)23(12-19)26(28,29)30)14-25(34)32-31-13-18-4-7-20(8-5-18)37-21-15-38-16-21/h2-13,21H,14-16H2,1H3,(H,32,34)/b31-13-. The van der Waals surface area contributed by atoms with Crippen molar-refractivity contribution in [2.75, 3.05) is 22.4 Å². The van der Waals surface area contributed by atoms with Crippen LogP contribution in [0.15, 0.2) is 76.7 Å². The topological polar surface area (TPSA) is 88.1 Å². The number of ether oxygens (including phenoxy) is 1. The maximum atomic E-state index is 13.5. The molecule has 0 aromatic heterocycles. The number of carbonyl (C=O) groups excluding carboxylic acids is 1. The van der Waals surface area contributed by atoms with Crippen LogP contribution in [0, 0.1) is 6.92 Å². The Morgan fingerprint density at radius 3 is 2.38 bits per heavy atom. The Morgan fingerprint density at radius 2 is 1.79 bits per heavy atom. The second kappa shape index (κ2) is 11.9. The van der Waals surface area contributed by atoms with Crippen molar-refractivity contribution in [3.63, 3.8) is 0 Å². The average molecular weight is 598 g/mol. The number of halogens is 4. The zero-order chi connectivity index (χ0) is 28.2. The third-order valence-electron chi connectivity index (χ3n) is 5.63. The zero-order valence-corrected chi connectivity index (χ0v) is 22.9. The lowest BCUT2D eigenvalue weighted by Crippen LogP contribution is -2.39. The molecule has 0 spiro atoms. The lowest BCUT2D eigenvalue weighted by Gasteiger charge is -2.25. The summed E-state index contributed by atoms with van der Waals surface area (Å²) in [6.45, 7) is 0.918. The summed E-state index contributed by atoms with van der Waals surface area (Å²) in [4.78, 5) is 12.5. The Balaban J connectivity index is 1.54. The molecule has 206 valence electrons. The van der Waals surface area contributed by atoms with Crippen LogP contribution in [-0.2, 0) is 21.0 Å². The van der Waals surface area contributed by atoms with Gasteiger partial charge in [-0.25, -0.2) is 13.8 Å². The highest BCUT2D eigenvalue weighted by Gasteiger charge is 2.35. The van der Waals surface area contributed by atoms with E-state index in [0.717, 1.165) is 29.2 Å². The van der Waals surface area contributed by atoms with Crippen LogP contribution in [0.2, 0.25) is 5.02 Å². The summed E-state index contributed by atoms with van der Waals surface area (Å²) in [6, 6.07) is 15.3. The highest BCUT2D eigenvalue weighted by Crippen LogP contribution is 2.38. The number of hydrogen-bond acceptors (Lipinski definition) is 6. The molecule has 1 fully saturated rings. The van der Waals surface area contributed by atoms with Gasteiger partial charge in [-0.2, -0.15) is 30.0 Å². The number of hydrogen-bond donors (Lipinski definition) is 1. The van der Waals surface area contributed by atoms with Gasteiger partial charge in [-0.3, -0.25) is 9.10 Å². The molecule has 13 heteroatoms. The normalized spacial score (nSPS) is 14.2. The van der Waals surface area contributed by atoms with Crippen molar-refractivity contribution >= 4 is 51.2 Å². The Labute approximate surface area is 233 Å². The van der Waals surface area contributed by atoms with Crippen molar-refractivity contribution in [3.8, 4) is 5.75 Å². The van der Waals surface area contributed by atoms with Crippen LogP contribution >= 0.6 is 23.4 Å². The Kier molecular flexibility index (Phi) is 8.77. The molecule has 1 N–H and O–H groups in total. The van der Waals surface area contributed by atoms with Crippen LogP contribution in [0.5, 0.6) is 5.75 Å². The molecule has 1 aliphatic rings. The van der Waals surface area contributed by atoms with Crippen molar-refractivity contribution in [1.29, 1.82) is 0 Å². The molecular formula is C26H23ClF3N3O4S2. The van der Waals surface area contributed by atoms with E-state index in [1.54, 1.807) is 55.1 Å². The first-order chi connectivity index (χ1) is 18.4. The van der Waals surface area contributed by atoms with Crippen molar-refractivity contribution in [2.45, 2.75) is 24.1 Å². The predicted octanol–water partition coefficient (Wildman–Crippen LogP) is 5.51. The molecule has 3 aromatic carbocycles. The van der Waals surface area contributed by atoms with Gasteiger partial charge in [-0.05, 0) is 67.1 Å². The molecule has 39 heavy (non-hydrogen) atoms. The first-order valence-corrected chi connectivity index (χ1v) is 14.5. The molecule has 4 rings (SSSR count). The van der Waals surface area contributed by atoms with Gasteiger partial charge in [0.25, 0.3) is 15.9 Å². The van der Waals surface area contributed by atoms with E-state index in [1.165, 1.54) is 18.3 Å². The highest BCUT2D eigenvalue weighted by atomic mass is 35.5. The van der Waals surface area contributed by atoms with Gasteiger partial charge in [-0.15, -0.1) is 0 Å². The van der Waals surface area contributed by atoms with E-state index >= 15 is 0 Å². The fourth-order valence-electron chi connectivity index (χ4n) is 3.49. The molecule has 0 aliphatic carbocycles. The monoisotopic (exact) mass is 597 g/mol. The summed E-state index contributed by atoms with van der Waals surface area (Å²) in [7, 11) is -4.44. The fourth-order valence-corrected chi connectivity index (χ4v) is 5.69. The van der Waals surface area contributed by atoms with Crippen molar-refractivity contribution < 1.29 is 31.1 Å². The Morgan fingerprint density at radius 1 is 1.13 bits per heavy atom. The van der Waals surface area contributed by atoms with Gasteiger partial charge >= 0.3 is 6.18 Å². The summed E-state index contributed by atoms with van der Waals surface area (Å²) in [5, 5.41) is 3.25. The van der Waals surface area contributed by atoms with Crippen LogP contribution in [0.1, 0.15) is 16.7 Å². The molecule has 7 nitrogen and oxygen atoms in total. The molecule has 3 aromatic rings. The molecule has 0 atom stereocenters. The SMILES string of the molecule is Cc1ccc(S(=O)(=O)N(CC(=O)N/N=C\c2ccc(OC3CSC3)cc2)c2ccc(Cl)c(C(F)(F)F)c2)cc1. The van der Waals surface area contributed by atoms with Crippen LogP contribution in [0.4, 0.5) is 18.9 Å². The summed E-state index contributed by atoms with van der Waals surface area (Å²) in [5.74, 6) is 1.73. The number of amides is 1. The van der Waals surface area contributed by atoms with Gasteiger partial charge in [-0.1, -0.05) is 29.3 Å². The van der Waals surface area contributed by atoms with Crippen molar-refractivity contribution in [1.82, 2.24) is 5.43 Å². The number of sulfonamides is 1. The summed E-state index contributed by atoms with van der Waals surface area (Å²) in [5.41, 5.74) is 2.03. The van der Waals surface area contributed by atoms with Crippen LogP contribution < -0.4 is 14.5 Å². The molecule has 1 saturated heterocycles. The van der Waals surface area contributed by atoms with Gasteiger partial charge in [0, 0.05) is 11.5 Å². The second-order valence-electron chi connectivity index (χ2n) is 8.63. The zero-order valence-electron chi connectivity index (χ0n) is 20.5. The van der Waals surface area contributed by atoms with E-state index in [9.17, 15) is 26.4 Å². The lowest BCUT2D eigenvalue weighted by atomic mass is 10.2. The minimum Gasteiger partial charge on any atom is -0.489 e. The number of thioether (sulfide) groups is 1. The van der Waals surface area contributed by atoms with Crippen LogP contribution in [0.25, 0.3) is 0 Å². The number of rotatable bonds is 9. The number of carbonyl (C=O) groups is 1. The molecular weight excluding hydrogens is 575 g/mol. The summed E-state index contributed by atoms with van der Waals surface area (Å²) < 4.78 is 73.7. The van der Waals surface area contributed by atoms with E-state index in [1.807, 2.05) is 0 Å². The summed E-state index contributed by atoms with van der Waals surface area (Å²) >= 11 is 7.52. The number of hydrazone groups is 1. The average Bonchev–Trinajstić information content (AvgIpc) is 2.85. The number of nitrogens with one attached hydrogen (secondary N) is 1. The van der Waals surface area contributed by atoms with E-state index in [4.69, 9.17) is 16.3 Å². The maximum absolute atomic E-state index is 13.5. The van der Waals surface area contributed by atoms with Crippen LogP contribution in [-0.4, -0.2) is 44.7 Å². The minimum absolute atomic E-state index is 0.195. The van der Waals surface area contributed by atoms with Gasteiger partial charge in [0.05, 0.1) is 27.4 Å². The molecule has 0 saturated carbocycles. The Bertz CT molecular complexity index is 1460. The summed E-state index contributed by atoms with van der Waals surface area (Å²) in [6.07, 6.45) is -3.29. The Hall–Kier alpha value is -3.22. The predicted molar refractivity (Wildman–Crippen MR) is 146 cm³/mol. The number of benzene rings is 3. The van der Waals surface area contributed by atoms with E-state index in [0.29, 0.717) is 21.7 Å². The van der Waals surface area contributed by atoms with Gasteiger partial charge in [0.2, 0.25) is 0 Å². The van der Waals surface area contributed by atoms with Gasteiger partial charge in [0.15, 0.2) is 0 Å². The van der Waals surface area contributed by atoms with Crippen molar-refractivity contribution in [3.05, 3.63) is 88.4 Å². The molecule has 0 unspecified atom stereocenters. The van der Waals surface area contributed by atoms with E-state index in [-0.39, 0.29) is 16.7 Å². The molecule has 0 bridgehead atoms. The first-order valence-electron chi connectivity index (χ1n) is 11.6. The molecule has 1 aliphatic heterocycles. The third kappa shape index (κ3) is 7.25. The lowest BCUT2D eigenvalue weighted by molar-refractivity contribution is -0.137. The van der Waals surface area contributed by atoms with E-state index in [2.05, 4.69) is 10.5 Å². The third-order valence-corrected chi connectivity index (χ3v) is 8.97. The quantitative estimate of drug-likeness (QED) is 0.260. The second-order valence-corrected chi connectivity index (χ2v) is 12.0. The van der Waals surface area contributed by atoms with Gasteiger partial charge < -0.3 is 4.74 Å². The smallest absolute Gasteiger partial charge is 0.417 e. The molecule has 0 radical (unpaired) electrons. The molecule has 1 amide bonds. The first kappa shape index (κ1) is 28.8. The number of nitrogens with zero attached hydrogens (tertiary/aromatic N) is 2. The van der Waals surface area contributed by atoms with Crippen molar-refractivity contribution in [2.24, 2.45) is 5.10 Å². The van der Waals surface area contributed by atoms with E-state index < -0.39 is 39.2 Å². The maximum Gasteiger partial charge on any atom is 0.417 e. The largest absolute Gasteiger partial charge is 0.489 e. The number of anilines is 1. The minimum atomic E-state index is -4.84.